The van der Waals surface area contributed by atoms with Crippen molar-refractivity contribution in [3.63, 3.8) is 0 Å². The van der Waals surface area contributed by atoms with Gasteiger partial charge in [0.2, 0.25) is 0 Å². The highest BCUT2D eigenvalue weighted by atomic mass is 16.6. The van der Waals surface area contributed by atoms with Gasteiger partial charge in [0.1, 0.15) is 13.2 Å². The minimum Gasteiger partial charge on any atom is -0.462 e. The monoisotopic (exact) mass is 1130 g/mol. The molecule has 0 amide bonds. The molecule has 0 bridgehead atoms. The van der Waals surface area contributed by atoms with E-state index in [2.05, 4.69) is 93.7 Å². The number of rotatable bonds is 65. The molecule has 1 atom stereocenters. The summed E-state index contributed by atoms with van der Waals surface area (Å²) >= 11 is 0. The van der Waals surface area contributed by atoms with E-state index in [9.17, 15) is 14.4 Å². The Balaban J connectivity index is 4.38. The first kappa shape index (κ1) is 77.9. The van der Waals surface area contributed by atoms with Gasteiger partial charge in [-0.05, 0) is 96.3 Å². The van der Waals surface area contributed by atoms with Crippen LogP contribution in [0.1, 0.15) is 367 Å². The summed E-state index contributed by atoms with van der Waals surface area (Å²) in [6.07, 6.45) is 90.6. The lowest BCUT2D eigenvalue weighted by molar-refractivity contribution is -0.167. The van der Waals surface area contributed by atoms with Gasteiger partial charge in [-0.25, -0.2) is 0 Å². The number of carbonyl (C=O) groups excluding carboxylic acids is 3. The fourth-order valence-electron chi connectivity index (χ4n) is 10.3. The molecular formula is C75H134O6. The van der Waals surface area contributed by atoms with Crippen LogP contribution in [0.25, 0.3) is 0 Å². The maximum Gasteiger partial charge on any atom is 0.306 e. The Hall–Kier alpha value is -3.15. The van der Waals surface area contributed by atoms with Crippen molar-refractivity contribution in [1.29, 1.82) is 0 Å². The molecule has 6 heteroatoms. The van der Waals surface area contributed by atoms with Crippen LogP contribution in [0, 0.1) is 0 Å². The SMILES string of the molecule is CCCCC/C=C\C/C=C\C/C=C\CCCCCCCCC(=O)OCC(COC(=O)CCCCCCCCCC/C=C\C/C=C\C/C=C\CCCCCCC)OC(=O)CCCCCCCCCCCCCCCCCCCCCCC. The van der Waals surface area contributed by atoms with Crippen molar-refractivity contribution in [3.05, 3.63) is 72.9 Å². The van der Waals surface area contributed by atoms with Crippen molar-refractivity contribution in [1.82, 2.24) is 0 Å². The molecule has 0 saturated carbocycles. The molecule has 6 nitrogen and oxygen atoms in total. The highest BCUT2D eigenvalue weighted by Gasteiger charge is 2.19. The second-order valence-electron chi connectivity index (χ2n) is 23.8. The fourth-order valence-corrected chi connectivity index (χ4v) is 10.3. The van der Waals surface area contributed by atoms with Gasteiger partial charge in [-0.2, -0.15) is 0 Å². The second-order valence-corrected chi connectivity index (χ2v) is 23.8. The van der Waals surface area contributed by atoms with E-state index >= 15 is 0 Å². The average molecular weight is 1130 g/mol. The van der Waals surface area contributed by atoms with Gasteiger partial charge in [0.05, 0.1) is 0 Å². The van der Waals surface area contributed by atoms with E-state index in [1.165, 1.54) is 231 Å². The summed E-state index contributed by atoms with van der Waals surface area (Å²) in [5.41, 5.74) is 0. The predicted molar refractivity (Wildman–Crippen MR) is 353 cm³/mol. The summed E-state index contributed by atoms with van der Waals surface area (Å²) in [5.74, 6) is -0.877. The summed E-state index contributed by atoms with van der Waals surface area (Å²) in [7, 11) is 0. The Bertz CT molecular complexity index is 1490. The first-order chi connectivity index (χ1) is 40.0. The lowest BCUT2D eigenvalue weighted by Crippen LogP contribution is -2.30. The van der Waals surface area contributed by atoms with Gasteiger partial charge in [0, 0.05) is 19.3 Å². The van der Waals surface area contributed by atoms with E-state index in [1.54, 1.807) is 0 Å². The first-order valence-corrected chi connectivity index (χ1v) is 35.4. The average Bonchev–Trinajstić information content (AvgIpc) is 3.47. The zero-order chi connectivity index (χ0) is 58.5. The highest BCUT2D eigenvalue weighted by molar-refractivity contribution is 5.71. The maximum absolute atomic E-state index is 13.0. The standard InChI is InChI=1S/C75H134O6/c1-4-7-10-13-16-19-22-25-28-31-34-36-37-39-41-44-47-50-53-56-59-62-65-68-74(77)80-71-72(70-79-73(76)67-64-61-58-55-52-49-46-43-40-33-30-27-24-21-18-15-12-9-6-3)81-75(78)69-66-63-60-57-54-51-48-45-42-38-35-32-29-26-23-20-17-14-11-8-5-2/h18,21-22,25,27,30-31,34,37,39-40,43,72H,4-17,19-20,23-24,26,28-29,32-33,35-36,38,41-42,44-71H2,1-3H3/b21-18-,25-22-,30-27-,34-31-,39-37-,43-40-. The highest BCUT2D eigenvalue weighted by Crippen LogP contribution is 2.18. The van der Waals surface area contributed by atoms with Gasteiger partial charge in [-0.3, -0.25) is 14.4 Å². The van der Waals surface area contributed by atoms with E-state index in [4.69, 9.17) is 14.2 Å². The van der Waals surface area contributed by atoms with Crippen molar-refractivity contribution >= 4 is 17.9 Å². The van der Waals surface area contributed by atoms with Crippen LogP contribution in [0.5, 0.6) is 0 Å². The lowest BCUT2D eigenvalue weighted by atomic mass is 10.0. The predicted octanol–water partition coefficient (Wildman–Crippen LogP) is 24.4. The molecule has 0 aliphatic rings. The third kappa shape index (κ3) is 67.5. The Labute approximate surface area is 503 Å². The van der Waals surface area contributed by atoms with E-state index < -0.39 is 6.10 Å². The molecule has 0 heterocycles. The molecule has 0 radical (unpaired) electrons. The van der Waals surface area contributed by atoms with E-state index in [-0.39, 0.29) is 31.1 Å². The van der Waals surface area contributed by atoms with Gasteiger partial charge in [-0.15, -0.1) is 0 Å². The Kier molecular flexibility index (Phi) is 66.6. The molecule has 0 aliphatic heterocycles. The smallest absolute Gasteiger partial charge is 0.306 e. The molecule has 0 N–H and O–H groups in total. The van der Waals surface area contributed by atoms with Crippen LogP contribution in [0.4, 0.5) is 0 Å². The molecule has 0 fully saturated rings. The van der Waals surface area contributed by atoms with Crippen molar-refractivity contribution in [2.24, 2.45) is 0 Å². The molecule has 0 aromatic heterocycles. The quantitative estimate of drug-likeness (QED) is 0.0261. The van der Waals surface area contributed by atoms with Crippen molar-refractivity contribution < 1.29 is 28.6 Å². The van der Waals surface area contributed by atoms with E-state index in [0.717, 1.165) is 96.3 Å². The molecule has 470 valence electrons. The van der Waals surface area contributed by atoms with Crippen LogP contribution in [0.3, 0.4) is 0 Å². The van der Waals surface area contributed by atoms with E-state index in [1.807, 2.05) is 0 Å². The zero-order valence-corrected chi connectivity index (χ0v) is 54.1. The Morgan fingerprint density at radius 2 is 0.444 bits per heavy atom. The topological polar surface area (TPSA) is 78.9 Å². The van der Waals surface area contributed by atoms with Crippen LogP contribution >= 0.6 is 0 Å². The lowest BCUT2D eigenvalue weighted by Gasteiger charge is -2.18. The van der Waals surface area contributed by atoms with Crippen LogP contribution in [0.15, 0.2) is 72.9 Å². The molecule has 0 spiro atoms. The zero-order valence-electron chi connectivity index (χ0n) is 54.1. The van der Waals surface area contributed by atoms with Gasteiger partial charge >= 0.3 is 17.9 Å². The van der Waals surface area contributed by atoms with Crippen LogP contribution in [0.2, 0.25) is 0 Å². The van der Waals surface area contributed by atoms with Crippen LogP contribution < -0.4 is 0 Å². The van der Waals surface area contributed by atoms with Crippen LogP contribution in [-0.4, -0.2) is 37.2 Å². The van der Waals surface area contributed by atoms with Crippen molar-refractivity contribution in [3.8, 4) is 0 Å². The maximum atomic E-state index is 13.0. The summed E-state index contributed by atoms with van der Waals surface area (Å²) in [4.78, 5) is 38.5. The van der Waals surface area contributed by atoms with Gasteiger partial charge < -0.3 is 14.2 Å². The molecule has 0 saturated heterocycles. The number of esters is 3. The van der Waals surface area contributed by atoms with E-state index in [0.29, 0.717) is 19.3 Å². The number of carbonyl (C=O) groups is 3. The minimum atomic E-state index is -0.785. The summed E-state index contributed by atoms with van der Waals surface area (Å²) in [6.45, 7) is 6.64. The third-order valence-electron chi connectivity index (χ3n) is 15.7. The molecule has 0 aliphatic carbocycles. The van der Waals surface area contributed by atoms with Crippen molar-refractivity contribution in [2.45, 2.75) is 374 Å². The van der Waals surface area contributed by atoms with Gasteiger partial charge in [0.25, 0.3) is 0 Å². The molecule has 81 heavy (non-hydrogen) atoms. The van der Waals surface area contributed by atoms with Crippen LogP contribution in [-0.2, 0) is 28.6 Å². The largest absolute Gasteiger partial charge is 0.462 e. The summed E-state index contributed by atoms with van der Waals surface area (Å²) < 4.78 is 17.0. The van der Waals surface area contributed by atoms with Crippen molar-refractivity contribution in [2.75, 3.05) is 13.2 Å². The number of allylic oxidation sites excluding steroid dienone is 12. The fraction of sp³-hybridized carbons (Fsp3) is 0.800. The normalized spacial score (nSPS) is 12.5. The third-order valence-corrected chi connectivity index (χ3v) is 15.7. The molecule has 0 aromatic rings. The Morgan fingerprint density at radius 1 is 0.247 bits per heavy atom. The van der Waals surface area contributed by atoms with Gasteiger partial charge in [-0.1, -0.05) is 325 Å². The van der Waals surface area contributed by atoms with Gasteiger partial charge in [0.15, 0.2) is 6.10 Å². The number of ether oxygens (including phenoxy) is 3. The molecular weight excluding hydrogens is 997 g/mol. The second kappa shape index (κ2) is 69.3. The molecule has 0 aromatic carbocycles. The first-order valence-electron chi connectivity index (χ1n) is 35.4. The minimum absolute atomic E-state index is 0.0806. The number of hydrogen-bond acceptors (Lipinski definition) is 6. The molecule has 1 unspecified atom stereocenters. The summed E-state index contributed by atoms with van der Waals surface area (Å²) in [6, 6.07) is 0. The number of unbranched alkanes of at least 4 members (excludes halogenated alkanes) is 42. The summed E-state index contributed by atoms with van der Waals surface area (Å²) in [5, 5.41) is 0. The molecule has 0 rings (SSSR count). The number of hydrogen-bond donors (Lipinski definition) is 0. The Morgan fingerprint density at radius 3 is 0.716 bits per heavy atom.